The molecule has 0 radical (unpaired) electrons. The Labute approximate surface area is 124 Å². The Morgan fingerprint density at radius 1 is 1.48 bits per heavy atom. The lowest BCUT2D eigenvalue weighted by Crippen LogP contribution is -2.25. The van der Waals surface area contributed by atoms with Crippen molar-refractivity contribution in [2.75, 3.05) is 19.8 Å². The fraction of sp³-hybridized carbons (Fsp3) is 0.562. The number of aliphatic hydroxyl groups is 1. The number of hydrogen-bond acceptors (Lipinski definition) is 5. The average Bonchev–Trinajstić information content (AvgIpc) is 3.00. The fourth-order valence-corrected chi connectivity index (χ4v) is 2.30. The smallest absolute Gasteiger partial charge is 0.335 e. The molecule has 0 aromatic heterocycles. The molecule has 0 aliphatic carbocycles. The minimum atomic E-state index is -1.17. The van der Waals surface area contributed by atoms with E-state index in [-0.39, 0.29) is 19.1 Å². The number of benzene rings is 1. The summed E-state index contributed by atoms with van der Waals surface area (Å²) in [4.78, 5) is 11.5. The first-order valence-electron chi connectivity index (χ1n) is 7.37. The van der Waals surface area contributed by atoms with Crippen molar-refractivity contribution in [3.05, 3.63) is 29.8 Å². The number of rotatable bonds is 7. The van der Waals surface area contributed by atoms with Crippen molar-refractivity contribution in [1.82, 2.24) is 0 Å². The molecule has 0 bridgehead atoms. The molecule has 1 aliphatic rings. The third-order valence-electron chi connectivity index (χ3n) is 3.39. The molecule has 1 fully saturated rings. The molecular formula is C16H22O5. The predicted octanol–water partition coefficient (Wildman–Crippen LogP) is 1.71. The van der Waals surface area contributed by atoms with Crippen molar-refractivity contribution in [1.29, 1.82) is 0 Å². The lowest BCUT2D eigenvalue weighted by molar-refractivity contribution is -0.152. The third-order valence-corrected chi connectivity index (χ3v) is 3.39. The van der Waals surface area contributed by atoms with Gasteiger partial charge in [-0.1, -0.05) is 18.2 Å². The fourth-order valence-electron chi connectivity index (χ4n) is 2.30. The molecule has 5 nitrogen and oxygen atoms in total. The molecule has 2 rings (SSSR count). The highest BCUT2D eigenvalue weighted by Crippen LogP contribution is 2.22. The van der Waals surface area contributed by atoms with E-state index in [1.54, 1.807) is 6.92 Å². The molecule has 1 heterocycles. The molecule has 5 heteroatoms. The molecule has 21 heavy (non-hydrogen) atoms. The highest BCUT2D eigenvalue weighted by atomic mass is 16.5. The number of hydrogen-bond donors (Lipinski definition) is 1. The molecule has 1 N–H and O–H groups in total. The molecule has 0 spiro atoms. The van der Waals surface area contributed by atoms with Crippen LogP contribution in [0.1, 0.15) is 25.3 Å². The second kappa shape index (κ2) is 8.00. The minimum absolute atomic E-state index is 0.132. The van der Waals surface area contributed by atoms with Gasteiger partial charge in [0.15, 0.2) is 6.10 Å². The molecule has 1 aromatic carbocycles. The lowest BCUT2D eigenvalue weighted by Gasteiger charge is -2.16. The summed E-state index contributed by atoms with van der Waals surface area (Å²) in [5.74, 6) is 0.0720. The van der Waals surface area contributed by atoms with Crippen LogP contribution >= 0.6 is 0 Å². The first-order chi connectivity index (χ1) is 10.2. The van der Waals surface area contributed by atoms with Crippen LogP contribution in [0.4, 0.5) is 0 Å². The van der Waals surface area contributed by atoms with E-state index < -0.39 is 12.1 Å². The number of ether oxygens (including phenoxy) is 3. The maximum Gasteiger partial charge on any atom is 0.335 e. The van der Waals surface area contributed by atoms with Crippen molar-refractivity contribution >= 4 is 5.97 Å². The van der Waals surface area contributed by atoms with E-state index >= 15 is 0 Å². The van der Waals surface area contributed by atoms with Crippen LogP contribution in [0.2, 0.25) is 0 Å². The van der Waals surface area contributed by atoms with Crippen molar-refractivity contribution in [3.8, 4) is 5.75 Å². The Bertz CT molecular complexity index is 454. The van der Waals surface area contributed by atoms with Gasteiger partial charge in [-0.3, -0.25) is 0 Å². The summed E-state index contributed by atoms with van der Waals surface area (Å²) >= 11 is 0. The van der Waals surface area contributed by atoms with Crippen LogP contribution in [-0.4, -0.2) is 43.1 Å². The van der Waals surface area contributed by atoms with Crippen LogP contribution in [0.15, 0.2) is 24.3 Å². The SMILES string of the molecule is CCOC(=O)[C@@H](O)Cc1ccccc1OC[C@H]1CCCO1. The first-order valence-corrected chi connectivity index (χ1v) is 7.37. The zero-order chi connectivity index (χ0) is 15.1. The summed E-state index contributed by atoms with van der Waals surface area (Å²) in [6.07, 6.45) is 1.22. The van der Waals surface area contributed by atoms with Crippen molar-refractivity contribution in [2.45, 2.75) is 38.4 Å². The molecule has 0 saturated carbocycles. The van der Waals surface area contributed by atoms with Gasteiger partial charge >= 0.3 is 5.97 Å². The first kappa shape index (κ1) is 15.8. The second-order valence-corrected chi connectivity index (χ2v) is 5.03. The Kier molecular flexibility index (Phi) is 6.02. The summed E-state index contributed by atoms with van der Waals surface area (Å²) in [5, 5.41) is 9.85. The summed E-state index contributed by atoms with van der Waals surface area (Å²) < 4.78 is 16.1. The summed E-state index contributed by atoms with van der Waals surface area (Å²) in [5.41, 5.74) is 0.788. The van der Waals surface area contributed by atoms with E-state index in [9.17, 15) is 9.90 Å². The third kappa shape index (κ3) is 4.72. The molecule has 1 saturated heterocycles. The van der Waals surface area contributed by atoms with Gasteiger partial charge in [0.1, 0.15) is 12.4 Å². The summed E-state index contributed by atoms with van der Waals surface area (Å²) in [6, 6.07) is 7.40. The van der Waals surface area contributed by atoms with Crippen LogP contribution in [-0.2, 0) is 20.7 Å². The Morgan fingerprint density at radius 3 is 3.00 bits per heavy atom. The van der Waals surface area contributed by atoms with Crippen LogP contribution in [0.5, 0.6) is 5.75 Å². The standard InChI is InChI=1S/C16H22O5/c1-2-19-16(18)14(17)10-12-6-3-4-8-15(12)21-11-13-7-5-9-20-13/h3-4,6,8,13-14,17H,2,5,7,9-11H2,1H3/t13-,14+/m1/s1. The maximum absolute atomic E-state index is 11.5. The largest absolute Gasteiger partial charge is 0.491 e. The average molecular weight is 294 g/mol. The van der Waals surface area contributed by atoms with Gasteiger partial charge in [-0.05, 0) is 31.4 Å². The van der Waals surface area contributed by atoms with Gasteiger partial charge in [-0.25, -0.2) is 4.79 Å². The molecule has 116 valence electrons. The predicted molar refractivity (Wildman–Crippen MR) is 77.3 cm³/mol. The van der Waals surface area contributed by atoms with Gasteiger partial charge in [-0.15, -0.1) is 0 Å². The van der Waals surface area contributed by atoms with Gasteiger partial charge in [0, 0.05) is 13.0 Å². The van der Waals surface area contributed by atoms with E-state index in [4.69, 9.17) is 14.2 Å². The number of carbonyl (C=O) groups excluding carboxylic acids is 1. The van der Waals surface area contributed by atoms with E-state index in [0.717, 1.165) is 25.0 Å². The lowest BCUT2D eigenvalue weighted by atomic mass is 10.1. The highest BCUT2D eigenvalue weighted by molar-refractivity contribution is 5.74. The molecule has 0 unspecified atom stereocenters. The van der Waals surface area contributed by atoms with Crippen LogP contribution < -0.4 is 4.74 Å². The number of carbonyl (C=O) groups is 1. The Hall–Kier alpha value is -1.59. The normalized spacial score (nSPS) is 19.2. The van der Waals surface area contributed by atoms with E-state index in [2.05, 4.69) is 0 Å². The summed E-state index contributed by atoms with van der Waals surface area (Å²) in [6.45, 7) is 3.25. The van der Waals surface area contributed by atoms with Crippen molar-refractivity contribution < 1.29 is 24.1 Å². The van der Waals surface area contributed by atoms with Gasteiger partial charge in [0.05, 0.1) is 12.7 Å². The van der Waals surface area contributed by atoms with Crippen LogP contribution in [0, 0.1) is 0 Å². The van der Waals surface area contributed by atoms with Crippen molar-refractivity contribution in [2.24, 2.45) is 0 Å². The van der Waals surface area contributed by atoms with E-state index in [1.807, 2.05) is 24.3 Å². The topological polar surface area (TPSA) is 65.0 Å². The number of esters is 1. The summed E-state index contributed by atoms with van der Waals surface area (Å²) in [7, 11) is 0. The van der Waals surface area contributed by atoms with Crippen LogP contribution in [0.3, 0.4) is 0 Å². The van der Waals surface area contributed by atoms with Crippen molar-refractivity contribution in [3.63, 3.8) is 0 Å². The van der Waals surface area contributed by atoms with Gasteiger partial charge in [0.25, 0.3) is 0 Å². The number of para-hydroxylation sites is 1. The monoisotopic (exact) mass is 294 g/mol. The zero-order valence-electron chi connectivity index (χ0n) is 12.3. The Balaban J connectivity index is 1.93. The maximum atomic E-state index is 11.5. The van der Waals surface area contributed by atoms with E-state index in [1.165, 1.54) is 0 Å². The quantitative estimate of drug-likeness (QED) is 0.776. The molecule has 1 aliphatic heterocycles. The Morgan fingerprint density at radius 2 is 2.29 bits per heavy atom. The second-order valence-electron chi connectivity index (χ2n) is 5.03. The van der Waals surface area contributed by atoms with Gasteiger partial charge in [-0.2, -0.15) is 0 Å². The van der Waals surface area contributed by atoms with E-state index in [0.29, 0.717) is 12.4 Å². The number of aliphatic hydroxyl groups excluding tert-OH is 1. The van der Waals surface area contributed by atoms with Gasteiger partial charge in [0.2, 0.25) is 0 Å². The molecule has 1 aromatic rings. The highest BCUT2D eigenvalue weighted by Gasteiger charge is 2.20. The van der Waals surface area contributed by atoms with Gasteiger partial charge < -0.3 is 19.3 Å². The molecular weight excluding hydrogens is 272 g/mol. The molecule has 0 amide bonds. The minimum Gasteiger partial charge on any atom is -0.491 e. The molecule has 2 atom stereocenters. The zero-order valence-corrected chi connectivity index (χ0v) is 12.3. The van der Waals surface area contributed by atoms with Crippen LogP contribution in [0.25, 0.3) is 0 Å².